The molecule has 2 aromatic carbocycles. The SMILES string of the molecule is COc1ccc2c(ccn2Cc2cccc(F)c2F)c1. The molecule has 1 aromatic heterocycles. The van der Waals surface area contributed by atoms with Crippen LogP contribution in [0.5, 0.6) is 5.75 Å². The number of ether oxygens (including phenoxy) is 1. The van der Waals surface area contributed by atoms with Gasteiger partial charge in [0, 0.05) is 22.7 Å². The van der Waals surface area contributed by atoms with Crippen LogP contribution in [-0.4, -0.2) is 11.7 Å². The average molecular weight is 273 g/mol. The van der Waals surface area contributed by atoms with Crippen LogP contribution in [0.2, 0.25) is 0 Å². The molecule has 0 aliphatic carbocycles. The monoisotopic (exact) mass is 273 g/mol. The second-order valence-electron chi connectivity index (χ2n) is 4.58. The minimum atomic E-state index is -0.819. The summed E-state index contributed by atoms with van der Waals surface area (Å²) in [5.74, 6) is -0.837. The molecule has 4 heteroatoms. The highest BCUT2D eigenvalue weighted by molar-refractivity contribution is 5.81. The van der Waals surface area contributed by atoms with E-state index in [1.165, 1.54) is 6.07 Å². The Bertz CT molecular complexity index is 764. The summed E-state index contributed by atoms with van der Waals surface area (Å²) in [5.41, 5.74) is 1.28. The highest BCUT2D eigenvalue weighted by atomic mass is 19.2. The molecule has 0 aliphatic heterocycles. The molecule has 2 nitrogen and oxygen atoms in total. The van der Waals surface area contributed by atoms with Crippen LogP contribution in [0.1, 0.15) is 5.56 Å². The number of aromatic nitrogens is 1. The minimum Gasteiger partial charge on any atom is -0.497 e. The van der Waals surface area contributed by atoms with E-state index in [1.54, 1.807) is 13.2 Å². The zero-order valence-corrected chi connectivity index (χ0v) is 10.9. The fraction of sp³-hybridized carbons (Fsp3) is 0.125. The molecule has 0 unspecified atom stereocenters. The molecule has 0 amide bonds. The third kappa shape index (κ3) is 2.13. The smallest absolute Gasteiger partial charge is 0.163 e. The van der Waals surface area contributed by atoms with Gasteiger partial charge in [-0.05, 0) is 30.3 Å². The number of rotatable bonds is 3. The molecule has 0 fully saturated rings. The van der Waals surface area contributed by atoms with Crippen LogP contribution >= 0.6 is 0 Å². The van der Waals surface area contributed by atoms with Crippen LogP contribution in [-0.2, 0) is 6.54 Å². The number of nitrogens with zero attached hydrogens (tertiary/aromatic N) is 1. The molecule has 3 rings (SSSR count). The van der Waals surface area contributed by atoms with Crippen LogP contribution in [0, 0.1) is 11.6 Å². The van der Waals surface area contributed by atoms with E-state index in [9.17, 15) is 8.78 Å². The van der Waals surface area contributed by atoms with Crippen molar-refractivity contribution in [2.45, 2.75) is 6.54 Å². The van der Waals surface area contributed by atoms with Gasteiger partial charge in [-0.3, -0.25) is 0 Å². The Morgan fingerprint density at radius 3 is 2.75 bits per heavy atom. The lowest BCUT2D eigenvalue weighted by molar-refractivity contribution is 0.415. The van der Waals surface area contributed by atoms with Gasteiger partial charge in [0.25, 0.3) is 0 Å². The lowest BCUT2D eigenvalue weighted by Gasteiger charge is -2.08. The lowest BCUT2D eigenvalue weighted by atomic mass is 10.2. The molecule has 1 heterocycles. The summed E-state index contributed by atoms with van der Waals surface area (Å²) in [6, 6.07) is 11.8. The van der Waals surface area contributed by atoms with E-state index in [0.29, 0.717) is 12.1 Å². The first-order chi connectivity index (χ1) is 9.69. The first-order valence-corrected chi connectivity index (χ1v) is 6.25. The molecule has 0 saturated heterocycles. The maximum Gasteiger partial charge on any atom is 0.163 e. The summed E-state index contributed by atoms with van der Waals surface area (Å²) in [4.78, 5) is 0. The van der Waals surface area contributed by atoms with Crippen LogP contribution in [0.4, 0.5) is 8.78 Å². The Labute approximate surface area is 115 Å². The molecule has 102 valence electrons. The molecule has 0 aliphatic rings. The topological polar surface area (TPSA) is 14.2 Å². The molecular weight excluding hydrogens is 260 g/mol. The standard InChI is InChI=1S/C16H13F2NO/c1-20-13-5-6-15-11(9-13)7-8-19(15)10-12-3-2-4-14(17)16(12)18/h2-9H,10H2,1H3. The number of methoxy groups -OCH3 is 1. The molecule has 20 heavy (non-hydrogen) atoms. The molecular formula is C16H13F2NO. The fourth-order valence-electron chi connectivity index (χ4n) is 2.30. The largest absolute Gasteiger partial charge is 0.497 e. The van der Waals surface area contributed by atoms with Gasteiger partial charge in [0.15, 0.2) is 11.6 Å². The zero-order valence-electron chi connectivity index (χ0n) is 10.9. The van der Waals surface area contributed by atoms with Crippen molar-refractivity contribution in [3.63, 3.8) is 0 Å². The lowest BCUT2D eigenvalue weighted by Crippen LogP contribution is -2.02. The van der Waals surface area contributed by atoms with E-state index in [-0.39, 0.29) is 0 Å². The van der Waals surface area contributed by atoms with Crippen LogP contribution < -0.4 is 4.74 Å². The van der Waals surface area contributed by atoms with Gasteiger partial charge in [-0.25, -0.2) is 8.78 Å². The maximum atomic E-state index is 13.7. The van der Waals surface area contributed by atoms with Crippen molar-refractivity contribution in [3.8, 4) is 5.75 Å². The van der Waals surface area contributed by atoms with Crippen molar-refractivity contribution < 1.29 is 13.5 Å². The Morgan fingerprint density at radius 2 is 1.95 bits per heavy atom. The highest BCUT2D eigenvalue weighted by Crippen LogP contribution is 2.23. The van der Waals surface area contributed by atoms with Crippen molar-refractivity contribution in [2.24, 2.45) is 0 Å². The molecule has 0 radical (unpaired) electrons. The predicted octanol–water partition coefficient (Wildman–Crippen LogP) is 3.98. The van der Waals surface area contributed by atoms with Crippen molar-refractivity contribution in [2.75, 3.05) is 7.11 Å². The van der Waals surface area contributed by atoms with E-state index in [2.05, 4.69) is 0 Å². The van der Waals surface area contributed by atoms with Gasteiger partial charge in [-0.1, -0.05) is 12.1 Å². The van der Waals surface area contributed by atoms with Gasteiger partial charge < -0.3 is 9.30 Å². The van der Waals surface area contributed by atoms with Crippen LogP contribution in [0.15, 0.2) is 48.7 Å². The minimum absolute atomic E-state index is 0.291. The van der Waals surface area contributed by atoms with Crippen molar-refractivity contribution in [1.29, 1.82) is 0 Å². The zero-order chi connectivity index (χ0) is 14.1. The Morgan fingerprint density at radius 1 is 1.10 bits per heavy atom. The summed E-state index contributed by atoms with van der Waals surface area (Å²) in [6.07, 6.45) is 1.86. The van der Waals surface area contributed by atoms with E-state index < -0.39 is 11.6 Å². The fourth-order valence-corrected chi connectivity index (χ4v) is 2.30. The average Bonchev–Trinajstić information content (AvgIpc) is 2.86. The second kappa shape index (κ2) is 4.96. The first-order valence-electron chi connectivity index (χ1n) is 6.25. The summed E-state index contributed by atoms with van der Waals surface area (Å²) < 4.78 is 34.0. The number of fused-ring (bicyclic) bond motifs is 1. The molecule has 0 N–H and O–H groups in total. The number of halogens is 2. The Balaban J connectivity index is 2.01. The van der Waals surface area contributed by atoms with Crippen molar-refractivity contribution in [1.82, 2.24) is 4.57 Å². The van der Waals surface area contributed by atoms with Gasteiger partial charge in [0.2, 0.25) is 0 Å². The maximum absolute atomic E-state index is 13.7. The van der Waals surface area contributed by atoms with E-state index in [0.717, 1.165) is 22.7 Å². The number of benzene rings is 2. The molecule has 0 bridgehead atoms. The van der Waals surface area contributed by atoms with E-state index in [4.69, 9.17) is 4.74 Å². The van der Waals surface area contributed by atoms with Gasteiger partial charge in [-0.2, -0.15) is 0 Å². The van der Waals surface area contributed by atoms with Crippen molar-refractivity contribution in [3.05, 3.63) is 65.9 Å². The molecule has 0 atom stereocenters. The number of hydrogen-bond donors (Lipinski definition) is 0. The molecule has 0 spiro atoms. The number of hydrogen-bond acceptors (Lipinski definition) is 1. The third-order valence-corrected chi connectivity index (χ3v) is 3.35. The third-order valence-electron chi connectivity index (χ3n) is 3.35. The first kappa shape index (κ1) is 12.7. The summed E-state index contributed by atoms with van der Waals surface area (Å²) in [6.45, 7) is 0.291. The quantitative estimate of drug-likeness (QED) is 0.704. The van der Waals surface area contributed by atoms with Gasteiger partial charge in [0.05, 0.1) is 13.7 Å². The van der Waals surface area contributed by atoms with Gasteiger partial charge >= 0.3 is 0 Å². The molecule has 3 aromatic rings. The summed E-state index contributed by atoms with van der Waals surface area (Å²) in [5, 5.41) is 1.00. The van der Waals surface area contributed by atoms with E-state index in [1.807, 2.05) is 35.0 Å². The highest BCUT2D eigenvalue weighted by Gasteiger charge is 2.09. The van der Waals surface area contributed by atoms with Gasteiger partial charge in [0.1, 0.15) is 5.75 Å². The van der Waals surface area contributed by atoms with E-state index >= 15 is 0 Å². The Kier molecular flexibility index (Phi) is 3.14. The summed E-state index contributed by atoms with van der Waals surface area (Å²) >= 11 is 0. The summed E-state index contributed by atoms with van der Waals surface area (Å²) in [7, 11) is 1.61. The predicted molar refractivity (Wildman–Crippen MR) is 74.0 cm³/mol. The Hall–Kier alpha value is -2.36. The second-order valence-corrected chi connectivity index (χ2v) is 4.58. The molecule has 0 saturated carbocycles. The van der Waals surface area contributed by atoms with Gasteiger partial charge in [-0.15, -0.1) is 0 Å². The van der Waals surface area contributed by atoms with Crippen LogP contribution in [0.25, 0.3) is 10.9 Å². The normalized spacial score (nSPS) is 10.9. The van der Waals surface area contributed by atoms with Crippen molar-refractivity contribution >= 4 is 10.9 Å². The van der Waals surface area contributed by atoms with Crippen LogP contribution in [0.3, 0.4) is 0 Å².